The first-order chi connectivity index (χ1) is 15.2. The van der Waals surface area contributed by atoms with Crippen molar-refractivity contribution in [1.82, 2.24) is 4.31 Å². The highest BCUT2D eigenvalue weighted by atomic mass is 32.2. The number of alkyl halides is 3. The maximum Gasteiger partial charge on any atom is 0.416 e. The molecule has 32 heavy (non-hydrogen) atoms. The average Bonchev–Trinajstić information content (AvgIpc) is 2.78. The molecule has 2 heterocycles. The lowest BCUT2D eigenvalue weighted by molar-refractivity contribution is -0.0697. The van der Waals surface area contributed by atoms with Crippen LogP contribution in [0.5, 0.6) is 5.75 Å². The highest BCUT2D eigenvalue weighted by molar-refractivity contribution is 7.89. The number of aliphatic hydroxyl groups excluding tert-OH is 1. The maximum absolute atomic E-state index is 13.3. The van der Waals surface area contributed by atoms with Crippen molar-refractivity contribution in [2.45, 2.75) is 42.8 Å². The molecule has 1 atom stereocenters. The Balaban J connectivity index is 1.54. The van der Waals surface area contributed by atoms with Crippen LogP contribution >= 0.6 is 0 Å². The van der Waals surface area contributed by atoms with E-state index in [0.29, 0.717) is 24.9 Å². The average molecular weight is 468 g/mol. The summed E-state index contributed by atoms with van der Waals surface area (Å²) in [5.74, 6) is 0.199. The fourth-order valence-electron chi connectivity index (χ4n) is 4.24. The molecule has 1 fully saturated rings. The molecule has 0 aromatic heterocycles. The van der Waals surface area contributed by atoms with E-state index in [2.05, 4.69) is 0 Å². The van der Waals surface area contributed by atoms with Crippen LogP contribution in [-0.2, 0) is 16.4 Å². The minimum absolute atomic E-state index is 0.0144. The van der Waals surface area contributed by atoms with Crippen molar-refractivity contribution in [3.8, 4) is 5.75 Å². The van der Waals surface area contributed by atoms with Gasteiger partial charge < -0.3 is 9.84 Å². The summed E-state index contributed by atoms with van der Waals surface area (Å²) in [6.07, 6.45) is -0.816. The van der Waals surface area contributed by atoms with E-state index in [4.69, 9.17) is 4.74 Å². The third-order valence-corrected chi connectivity index (χ3v) is 7.85. The zero-order valence-corrected chi connectivity index (χ0v) is 18.1. The molecular weight excluding hydrogens is 443 g/mol. The summed E-state index contributed by atoms with van der Waals surface area (Å²) < 4.78 is 72.7. The van der Waals surface area contributed by atoms with Crippen molar-refractivity contribution in [3.05, 3.63) is 65.2 Å². The number of ether oxygens (including phenoxy) is 1. The van der Waals surface area contributed by atoms with E-state index in [9.17, 15) is 26.7 Å². The van der Waals surface area contributed by atoms with Crippen molar-refractivity contribution >= 4 is 15.6 Å². The number of benzene rings is 2. The van der Waals surface area contributed by atoms with Crippen LogP contribution in [0.4, 0.5) is 13.2 Å². The van der Waals surface area contributed by atoms with Gasteiger partial charge in [-0.1, -0.05) is 24.6 Å². The van der Waals surface area contributed by atoms with E-state index in [1.54, 1.807) is 18.2 Å². The summed E-state index contributed by atoms with van der Waals surface area (Å²) in [6.45, 7) is 0.0422. The summed E-state index contributed by atoms with van der Waals surface area (Å²) in [7, 11) is -3.72. The van der Waals surface area contributed by atoms with Gasteiger partial charge in [0.05, 0.1) is 17.1 Å². The number of hydrogen-bond donors (Lipinski definition) is 1. The van der Waals surface area contributed by atoms with Crippen LogP contribution in [0.2, 0.25) is 0 Å². The highest BCUT2D eigenvalue weighted by Gasteiger charge is 2.37. The Morgan fingerprint density at radius 3 is 2.47 bits per heavy atom. The molecule has 2 aliphatic rings. The van der Waals surface area contributed by atoms with Crippen LogP contribution < -0.4 is 4.74 Å². The fourth-order valence-corrected chi connectivity index (χ4v) is 5.92. The van der Waals surface area contributed by atoms with Crippen molar-refractivity contribution in [2.75, 3.05) is 19.8 Å². The summed E-state index contributed by atoms with van der Waals surface area (Å²) >= 11 is 0. The third kappa shape index (κ3) is 4.55. The van der Waals surface area contributed by atoms with Gasteiger partial charge in [0, 0.05) is 18.2 Å². The monoisotopic (exact) mass is 467 g/mol. The molecule has 172 valence electrons. The molecule has 5 nitrogen and oxygen atoms in total. The molecule has 1 saturated heterocycles. The third-order valence-electron chi connectivity index (χ3n) is 5.89. The van der Waals surface area contributed by atoms with Gasteiger partial charge in [-0.2, -0.15) is 17.5 Å². The van der Waals surface area contributed by atoms with Gasteiger partial charge in [-0.3, -0.25) is 0 Å². The van der Waals surface area contributed by atoms with Crippen molar-refractivity contribution in [3.63, 3.8) is 0 Å². The van der Waals surface area contributed by atoms with E-state index in [1.165, 1.54) is 28.6 Å². The standard InChI is InChI=1S/C23H24F3NO4S/c24-23(25,26)21-10-12-31-22-9-6-17(14-20(21)22)13-16-4-7-19(8-5-16)32(29,30)27-11-2-1-3-18(27)15-28/h4-10,14,18,28H,1-3,11-13,15H2. The van der Waals surface area contributed by atoms with Gasteiger partial charge in [0.1, 0.15) is 12.4 Å². The van der Waals surface area contributed by atoms with Gasteiger partial charge in [0.25, 0.3) is 0 Å². The molecule has 0 radical (unpaired) electrons. The van der Waals surface area contributed by atoms with Gasteiger partial charge in [-0.05, 0) is 60.7 Å². The largest absolute Gasteiger partial charge is 0.489 e. The quantitative estimate of drug-likeness (QED) is 0.718. The van der Waals surface area contributed by atoms with Crippen molar-refractivity contribution in [2.24, 2.45) is 0 Å². The minimum Gasteiger partial charge on any atom is -0.489 e. The van der Waals surface area contributed by atoms with E-state index in [1.807, 2.05) is 0 Å². The van der Waals surface area contributed by atoms with Crippen LogP contribution in [0.1, 0.15) is 36.0 Å². The number of halogens is 3. The van der Waals surface area contributed by atoms with Crippen molar-refractivity contribution in [1.29, 1.82) is 0 Å². The van der Waals surface area contributed by atoms with Gasteiger partial charge in [-0.25, -0.2) is 8.42 Å². The first-order valence-corrected chi connectivity index (χ1v) is 11.9. The Bertz CT molecular complexity index is 1110. The Labute approximate surface area is 185 Å². The second kappa shape index (κ2) is 8.88. The van der Waals surface area contributed by atoms with Crippen LogP contribution in [0.15, 0.2) is 53.4 Å². The highest BCUT2D eigenvalue weighted by Crippen LogP contribution is 2.41. The number of allylic oxidation sites excluding steroid dienone is 1. The maximum atomic E-state index is 13.3. The minimum atomic E-state index is -4.46. The van der Waals surface area contributed by atoms with Gasteiger partial charge >= 0.3 is 6.18 Å². The summed E-state index contributed by atoms with van der Waals surface area (Å²) in [5, 5.41) is 9.54. The normalized spacial score (nSPS) is 19.8. The molecular formula is C23H24F3NO4S. The SMILES string of the molecule is O=S(=O)(c1ccc(Cc2ccc3c(c2)C(C(F)(F)F)=CCO3)cc1)N1CCCCC1CO. The van der Waals surface area contributed by atoms with Crippen LogP contribution in [-0.4, -0.2) is 49.8 Å². The number of fused-ring (bicyclic) bond motifs is 1. The molecule has 1 unspecified atom stereocenters. The number of nitrogens with zero attached hydrogens (tertiary/aromatic N) is 1. The summed E-state index contributed by atoms with van der Waals surface area (Å²) in [5.41, 5.74) is 0.745. The molecule has 0 aliphatic carbocycles. The number of hydrogen-bond acceptors (Lipinski definition) is 4. The van der Waals surface area contributed by atoms with E-state index in [0.717, 1.165) is 24.5 Å². The topological polar surface area (TPSA) is 66.8 Å². The lowest BCUT2D eigenvalue weighted by Crippen LogP contribution is -2.45. The molecule has 0 spiro atoms. The van der Waals surface area contributed by atoms with E-state index in [-0.39, 0.29) is 29.4 Å². The molecule has 2 aromatic carbocycles. The molecule has 1 N–H and O–H groups in total. The second-order valence-electron chi connectivity index (χ2n) is 8.03. The zero-order chi connectivity index (χ0) is 22.9. The number of aliphatic hydroxyl groups is 1. The summed E-state index contributed by atoms with van der Waals surface area (Å²) in [6, 6.07) is 10.7. The number of rotatable bonds is 5. The lowest BCUT2D eigenvalue weighted by atomic mass is 9.96. The Hall–Kier alpha value is -2.36. The second-order valence-corrected chi connectivity index (χ2v) is 9.92. The fraction of sp³-hybridized carbons (Fsp3) is 0.391. The summed E-state index contributed by atoms with van der Waals surface area (Å²) in [4.78, 5) is 0.141. The van der Waals surface area contributed by atoms with E-state index < -0.39 is 27.8 Å². The van der Waals surface area contributed by atoms with Crippen molar-refractivity contribution < 1.29 is 31.4 Å². The van der Waals surface area contributed by atoms with Gasteiger partial charge in [0.2, 0.25) is 10.0 Å². The number of sulfonamides is 1. The van der Waals surface area contributed by atoms with E-state index >= 15 is 0 Å². The van der Waals surface area contributed by atoms with Crippen LogP contribution in [0.3, 0.4) is 0 Å². The zero-order valence-electron chi connectivity index (χ0n) is 17.3. The Morgan fingerprint density at radius 1 is 1.06 bits per heavy atom. The van der Waals surface area contributed by atoms with Gasteiger partial charge in [0.15, 0.2) is 0 Å². The first-order valence-electron chi connectivity index (χ1n) is 10.5. The lowest BCUT2D eigenvalue weighted by Gasteiger charge is -2.33. The molecule has 9 heteroatoms. The predicted octanol–water partition coefficient (Wildman–Crippen LogP) is 4.15. The predicted molar refractivity (Wildman–Crippen MR) is 114 cm³/mol. The van der Waals surface area contributed by atoms with Crippen LogP contribution in [0.25, 0.3) is 5.57 Å². The Morgan fingerprint density at radius 2 is 1.78 bits per heavy atom. The Kier molecular flexibility index (Phi) is 6.33. The molecule has 0 bridgehead atoms. The molecule has 2 aromatic rings. The van der Waals surface area contributed by atoms with Gasteiger partial charge in [-0.15, -0.1) is 0 Å². The molecule has 2 aliphatic heterocycles. The molecule has 0 saturated carbocycles. The smallest absolute Gasteiger partial charge is 0.416 e. The number of piperidine rings is 1. The molecule has 0 amide bonds. The van der Waals surface area contributed by atoms with Crippen LogP contribution in [0, 0.1) is 0 Å². The molecule has 4 rings (SSSR count). The first kappa shape index (κ1) is 22.8.